The minimum absolute atomic E-state index is 0.211. The van der Waals surface area contributed by atoms with Crippen LogP contribution in [0.2, 0.25) is 5.02 Å². The highest BCUT2D eigenvalue weighted by atomic mass is 35.5. The fraction of sp³-hybridized carbons (Fsp3) is 0.444. The average molecular weight is 382 g/mol. The first-order valence-corrected chi connectivity index (χ1v) is 10.4. The van der Waals surface area contributed by atoms with Crippen molar-refractivity contribution in [1.82, 2.24) is 9.47 Å². The molecule has 0 unspecified atom stereocenters. The smallest absolute Gasteiger partial charge is 0.210 e. The van der Waals surface area contributed by atoms with Crippen molar-refractivity contribution in [2.75, 3.05) is 25.4 Å². The molecule has 2 heterocycles. The normalized spacial score (nSPS) is 15.8. The molecule has 1 aliphatic heterocycles. The van der Waals surface area contributed by atoms with E-state index in [1.165, 1.54) is 25.0 Å². The number of nitrogens with zero attached hydrogens (tertiary/aromatic N) is 2. The molecule has 0 amide bonds. The Labute approximate surface area is 154 Å². The summed E-state index contributed by atoms with van der Waals surface area (Å²) in [5, 5.41) is 0.503. The summed E-state index contributed by atoms with van der Waals surface area (Å²) >= 11 is 5.87. The molecule has 2 N–H and O–H groups in total. The van der Waals surface area contributed by atoms with E-state index in [2.05, 4.69) is 4.90 Å². The van der Waals surface area contributed by atoms with Gasteiger partial charge in [0.2, 0.25) is 9.84 Å². The van der Waals surface area contributed by atoms with Crippen molar-refractivity contribution in [1.29, 1.82) is 0 Å². The highest BCUT2D eigenvalue weighted by Crippen LogP contribution is 2.33. The summed E-state index contributed by atoms with van der Waals surface area (Å²) in [6.07, 6.45) is 2.46. The maximum atomic E-state index is 13.1. The lowest BCUT2D eigenvalue weighted by Crippen LogP contribution is -2.25. The van der Waals surface area contributed by atoms with Gasteiger partial charge in [-0.3, -0.25) is 0 Å². The summed E-state index contributed by atoms with van der Waals surface area (Å²) in [7, 11) is -3.67. The quantitative estimate of drug-likeness (QED) is 0.863. The summed E-state index contributed by atoms with van der Waals surface area (Å²) in [4.78, 5) is 2.82. The molecule has 0 bridgehead atoms. The van der Waals surface area contributed by atoms with Crippen molar-refractivity contribution >= 4 is 27.3 Å². The molecule has 0 atom stereocenters. The number of hydrogen-bond donors (Lipinski definition) is 1. The Morgan fingerprint density at radius 1 is 1.08 bits per heavy atom. The van der Waals surface area contributed by atoms with Crippen LogP contribution in [0.15, 0.2) is 34.1 Å². The number of nitrogen functional groups attached to an aromatic ring is 1. The van der Waals surface area contributed by atoms with Crippen LogP contribution in [-0.2, 0) is 16.4 Å². The van der Waals surface area contributed by atoms with Gasteiger partial charge in [0.1, 0.15) is 10.7 Å². The molecule has 0 radical (unpaired) electrons. The predicted octanol–water partition coefficient (Wildman–Crippen LogP) is 3.27. The molecule has 7 heteroatoms. The predicted molar refractivity (Wildman–Crippen MR) is 101 cm³/mol. The number of rotatable bonds is 5. The molecule has 2 aromatic rings. The van der Waals surface area contributed by atoms with Crippen LogP contribution in [0, 0.1) is 13.8 Å². The van der Waals surface area contributed by atoms with E-state index in [9.17, 15) is 8.42 Å². The molecule has 3 rings (SSSR count). The minimum Gasteiger partial charge on any atom is -0.384 e. The zero-order valence-electron chi connectivity index (χ0n) is 14.6. The number of benzene rings is 1. The van der Waals surface area contributed by atoms with Crippen LogP contribution < -0.4 is 5.73 Å². The zero-order valence-corrected chi connectivity index (χ0v) is 16.2. The molecule has 1 aromatic carbocycles. The number of anilines is 1. The second kappa shape index (κ2) is 7.02. The number of sulfone groups is 1. The van der Waals surface area contributed by atoms with Gasteiger partial charge in [0, 0.05) is 23.8 Å². The van der Waals surface area contributed by atoms with Crippen molar-refractivity contribution in [3.8, 4) is 0 Å². The largest absolute Gasteiger partial charge is 0.384 e. The molecule has 1 saturated heterocycles. The molecule has 1 aliphatic rings. The van der Waals surface area contributed by atoms with E-state index in [1.807, 2.05) is 18.4 Å². The summed E-state index contributed by atoms with van der Waals surface area (Å²) in [6.45, 7) is 7.55. The van der Waals surface area contributed by atoms with Crippen molar-refractivity contribution in [2.24, 2.45) is 0 Å². The van der Waals surface area contributed by atoms with Gasteiger partial charge in [-0.1, -0.05) is 11.6 Å². The average Bonchev–Trinajstić information content (AvgIpc) is 3.15. The van der Waals surface area contributed by atoms with Gasteiger partial charge in [-0.15, -0.1) is 0 Å². The molecule has 25 heavy (non-hydrogen) atoms. The maximum absolute atomic E-state index is 13.1. The van der Waals surface area contributed by atoms with E-state index in [-0.39, 0.29) is 9.79 Å². The molecular weight excluding hydrogens is 358 g/mol. The van der Waals surface area contributed by atoms with Crippen molar-refractivity contribution < 1.29 is 8.42 Å². The van der Waals surface area contributed by atoms with Crippen LogP contribution in [-0.4, -0.2) is 37.5 Å². The van der Waals surface area contributed by atoms with E-state index < -0.39 is 9.84 Å². The highest BCUT2D eigenvalue weighted by molar-refractivity contribution is 7.91. The molecule has 136 valence electrons. The van der Waals surface area contributed by atoms with E-state index >= 15 is 0 Å². The third-order valence-corrected chi connectivity index (χ3v) is 7.24. The molecule has 0 saturated carbocycles. The van der Waals surface area contributed by atoms with Crippen LogP contribution in [0.4, 0.5) is 5.82 Å². The standard InChI is InChI=1S/C18H24ClN3O2S/c1-13-14(2)22(12-11-21-9-3-4-10-21)18(20)17(13)25(23,24)16-7-5-15(19)6-8-16/h5-8H,3-4,9-12,20H2,1-2H3. The van der Waals surface area contributed by atoms with Crippen molar-refractivity contribution in [2.45, 2.75) is 43.0 Å². The molecule has 5 nitrogen and oxygen atoms in total. The summed E-state index contributed by atoms with van der Waals surface area (Å²) < 4.78 is 28.1. The van der Waals surface area contributed by atoms with Crippen LogP contribution in [0.5, 0.6) is 0 Å². The molecule has 1 fully saturated rings. The third-order valence-electron chi connectivity index (χ3n) is 5.04. The summed E-state index contributed by atoms with van der Waals surface area (Å²) in [5.74, 6) is 0.323. The fourth-order valence-corrected chi connectivity index (χ4v) is 5.26. The molecule has 0 spiro atoms. The number of nitrogens with two attached hydrogens (primary N) is 1. The Balaban J connectivity index is 1.96. The van der Waals surface area contributed by atoms with Gasteiger partial charge in [-0.2, -0.15) is 0 Å². The Bertz CT molecular complexity index is 867. The monoisotopic (exact) mass is 381 g/mol. The molecular formula is C18H24ClN3O2S. The van der Waals surface area contributed by atoms with E-state index in [0.29, 0.717) is 22.9 Å². The van der Waals surface area contributed by atoms with E-state index in [4.69, 9.17) is 17.3 Å². The van der Waals surface area contributed by atoms with Crippen LogP contribution in [0.25, 0.3) is 0 Å². The number of aromatic nitrogens is 1. The maximum Gasteiger partial charge on any atom is 0.210 e. The first-order valence-electron chi connectivity index (χ1n) is 8.50. The first-order chi connectivity index (χ1) is 11.8. The Kier molecular flexibility index (Phi) is 5.14. The SMILES string of the molecule is Cc1c(S(=O)(=O)c2ccc(Cl)cc2)c(N)n(CCN2CCCC2)c1C. The van der Waals surface area contributed by atoms with E-state index in [1.54, 1.807) is 12.1 Å². The number of likely N-dealkylation sites (tertiary alicyclic amines) is 1. The van der Waals surface area contributed by atoms with Gasteiger partial charge in [-0.05, 0) is 69.6 Å². The summed E-state index contributed by atoms with van der Waals surface area (Å²) in [6, 6.07) is 6.20. The lowest BCUT2D eigenvalue weighted by molar-refractivity contribution is 0.322. The number of halogens is 1. The van der Waals surface area contributed by atoms with E-state index in [0.717, 1.165) is 25.3 Å². The van der Waals surface area contributed by atoms with Crippen LogP contribution in [0.1, 0.15) is 24.1 Å². The van der Waals surface area contributed by atoms with Crippen LogP contribution >= 0.6 is 11.6 Å². The summed E-state index contributed by atoms with van der Waals surface area (Å²) in [5.41, 5.74) is 7.91. The third kappa shape index (κ3) is 3.43. The van der Waals surface area contributed by atoms with Gasteiger partial charge in [-0.25, -0.2) is 8.42 Å². The Morgan fingerprint density at radius 2 is 1.68 bits per heavy atom. The Morgan fingerprint density at radius 3 is 2.28 bits per heavy atom. The van der Waals surface area contributed by atoms with Gasteiger partial charge in [0.05, 0.1) is 4.90 Å². The van der Waals surface area contributed by atoms with Gasteiger partial charge >= 0.3 is 0 Å². The van der Waals surface area contributed by atoms with Gasteiger partial charge in [0.25, 0.3) is 0 Å². The van der Waals surface area contributed by atoms with Gasteiger partial charge < -0.3 is 15.2 Å². The van der Waals surface area contributed by atoms with Crippen molar-refractivity contribution in [3.05, 3.63) is 40.5 Å². The topological polar surface area (TPSA) is 68.3 Å². The van der Waals surface area contributed by atoms with Crippen molar-refractivity contribution in [3.63, 3.8) is 0 Å². The first kappa shape index (κ1) is 18.3. The molecule has 1 aromatic heterocycles. The molecule has 0 aliphatic carbocycles. The fourth-order valence-electron chi connectivity index (χ4n) is 3.47. The minimum atomic E-state index is -3.67. The highest BCUT2D eigenvalue weighted by Gasteiger charge is 2.28. The number of hydrogen-bond acceptors (Lipinski definition) is 4. The second-order valence-corrected chi connectivity index (χ2v) is 8.91. The van der Waals surface area contributed by atoms with Gasteiger partial charge in [0.15, 0.2) is 0 Å². The Hall–Kier alpha value is -1.50. The zero-order chi connectivity index (χ0) is 18.2. The lowest BCUT2D eigenvalue weighted by atomic mass is 10.3. The second-order valence-electron chi connectivity index (χ2n) is 6.58. The lowest BCUT2D eigenvalue weighted by Gasteiger charge is -2.17. The van der Waals surface area contributed by atoms with Crippen LogP contribution in [0.3, 0.4) is 0 Å².